The molecule has 2 atom stereocenters. The number of nitrogens with zero attached hydrogens (tertiary/aromatic N) is 5. The molecular formula is C19H20F3N5. The molecule has 2 aromatic heterocycles. The van der Waals surface area contributed by atoms with Gasteiger partial charge in [-0.25, -0.2) is 9.97 Å². The van der Waals surface area contributed by atoms with E-state index in [1.165, 1.54) is 0 Å². The lowest BCUT2D eigenvalue weighted by Gasteiger charge is -2.42. The Bertz CT molecular complexity index is 998. The Morgan fingerprint density at radius 2 is 1.78 bits per heavy atom. The summed E-state index contributed by atoms with van der Waals surface area (Å²) >= 11 is 0. The van der Waals surface area contributed by atoms with Gasteiger partial charge in [-0.05, 0) is 31.9 Å². The van der Waals surface area contributed by atoms with Crippen LogP contribution in [0.15, 0.2) is 30.5 Å². The molecule has 2 fully saturated rings. The number of para-hydroxylation sites is 2. The zero-order chi connectivity index (χ0) is 18.8. The van der Waals surface area contributed by atoms with Crippen LogP contribution in [0.4, 0.5) is 19.0 Å². The first-order chi connectivity index (χ1) is 12.9. The number of halogens is 3. The van der Waals surface area contributed by atoms with Crippen molar-refractivity contribution < 1.29 is 13.2 Å². The van der Waals surface area contributed by atoms with Gasteiger partial charge in [0.15, 0.2) is 5.82 Å². The Morgan fingerprint density at radius 1 is 1.07 bits per heavy atom. The lowest BCUT2D eigenvalue weighted by Crippen LogP contribution is -2.56. The highest BCUT2D eigenvalue weighted by Gasteiger charge is 2.45. The maximum Gasteiger partial charge on any atom is 0.401 e. The van der Waals surface area contributed by atoms with Crippen molar-refractivity contribution in [3.63, 3.8) is 0 Å². The Morgan fingerprint density at radius 3 is 2.48 bits per heavy atom. The SMILES string of the molecule is Cc1ncc2c(N3CC4CCC(C3)N4CC(F)(F)F)nc3ccccc3n12. The molecule has 8 heteroatoms. The zero-order valence-corrected chi connectivity index (χ0v) is 14.9. The van der Waals surface area contributed by atoms with Gasteiger partial charge in [0, 0.05) is 25.2 Å². The summed E-state index contributed by atoms with van der Waals surface area (Å²) in [4.78, 5) is 13.1. The largest absolute Gasteiger partial charge is 0.401 e. The smallest absolute Gasteiger partial charge is 0.352 e. The average Bonchev–Trinajstić information content (AvgIpc) is 3.09. The maximum absolute atomic E-state index is 12.9. The van der Waals surface area contributed by atoms with Crippen LogP contribution in [0.3, 0.4) is 0 Å². The van der Waals surface area contributed by atoms with Gasteiger partial charge in [0.05, 0.1) is 23.8 Å². The molecule has 0 radical (unpaired) electrons. The number of benzene rings is 1. The summed E-state index contributed by atoms with van der Waals surface area (Å²) in [7, 11) is 0. The molecule has 142 valence electrons. The lowest BCUT2D eigenvalue weighted by atomic mass is 10.1. The fraction of sp³-hybridized carbons (Fsp3) is 0.474. The summed E-state index contributed by atoms with van der Waals surface area (Å²) in [5.41, 5.74) is 2.77. The molecule has 1 aromatic carbocycles. The van der Waals surface area contributed by atoms with Gasteiger partial charge < -0.3 is 4.90 Å². The van der Waals surface area contributed by atoms with E-state index in [0.29, 0.717) is 13.1 Å². The van der Waals surface area contributed by atoms with Crippen LogP contribution in [0.2, 0.25) is 0 Å². The average molecular weight is 375 g/mol. The second-order valence-electron chi connectivity index (χ2n) is 7.53. The number of anilines is 1. The molecule has 2 saturated heterocycles. The molecule has 0 N–H and O–H groups in total. The van der Waals surface area contributed by atoms with Crippen LogP contribution >= 0.6 is 0 Å². The second-order valence-corrected chi connectivity index (χ2v) is 7.53. The van der Waals surface area contributed by atoms with Crippen molar-refractivity contribution in [3.8, 4) is 0 Å². The van der Waals surface area contributed by atoms with Crippen LogP contribution < -0.4 is 4.90 Å². The van der Waals surface area contributed by atoms with E-state index in [1.54, 1.807) is 4.90 Å². The highest BCUT2D eigenvalue weighted by molar-refractivity contribution is 5.85. The molecule has 0 amide bonds. The van der Waals surface area contributed by atoms with Crippen molar-refractivity contribution in [2.24, 2.45) is 0 Å². The van der Waals surface area contributed by atoms with Gasteiger partial charge in [-0.1, -0.05) is 12.1 Å². The molecule has 0 spiro atoms. The van der Waals surface area contributed by atoms with Crippen LogP contribution in [-0.2, 0) is 0 Å². The summed E-state index contributed by atoms with van der Waals surface area (Å²) in [5, 5.41) is 0. The summed E-state index contributed by atoms with van der Waals surface area (Å²) in [6, 6.07) is 7.73. The highest BCUT2D eigenvalue weighted by atomic mass is 19.4. The topological polar surface area (TPSA) is 36.7 Å². The number of piperazine rings is 1. The number of imidazole rings is 1. The van der Waals surface area contributed by atoms with Crippen LogP contribution in [0.1, 0.15) is 18.7 Å². The van der Waals surface area contributed by atoms with E-state index in [-0.39, 0.29) is 12.1 Å². The Balaban J connectivity index is 1.55. The van der Waals surface area contributed by atoms with Crippen molar-refractivity contribution in [2.75, 3.05) is 24.5 Å². The number of hydrogen-bond acceptors (Lipinski definition) is 4. The fourth-order valence-corrected chi connectivity index (χ4v) is 4.69. The van der Waals surface area contributed by atoms with Crippen molar-refractivity contribution in [2.45, 2.75) is 38.0 Å². The first kappa shape index (κ1) is 16.8. The molecular weight excluding hydrogens is 355 g/mol. The van der Waals surface area contributed by atoms with E-state index >= 15 is 0 Å². The Hall–Kier alpha value is -2.35. The van der Waals surface area contributed by atoms with Gasteiger partial charge in [-0.15, -0.1) is 0 Å². The van der Waals surface area contributed by atoms with Crippen LogP contribution in [0, 0.1) is 6.92 Å². The van der Waals surface area contributed by atoms with E-state index in [2.05, 4.69) is 14.3 Å². The standard InChI is InChI=1S/C19H20F3N5/c1-12-23-8-17-18(24-15-4-2-3-5-16(15)27(12)17)25-9-13-6-7-14(10-25)26(13)11-19(20,21)22/h2-5,8,13-14H,6-7,9-11H2,1H3. The van der Waals surface area contributed by atoms with Crippen molar-refractivity contribution in [3.05, 3.63) is 36.3 Å². The maximum atomic E-state index is 12.9. The van der Waals surface area contributed by atoms with E-state index in [1.807, 2.05) is 37.4 Å². The van der Waals surface area contributed by atoms with Gasteiger partial charge in [-0.2, -0.15) is 13.2 Å². The molecule has 2 aliphatic heterocycles. The van der Waals surface area contributed by atoms with Gasteiger partial charge >= 0.3 is 6.18 Å². The summed E-state index contributed by atoms with van der Waals surface area (Å²) < 4.78 is 40.9. The van der Waals surface area contributed by atoms with Crippen molar-refractivity contribution in [1.29, 1.82) is 0 Å². The minimum Gasteiger partial charge on any atom is -0.352 e. The molecule has 3 aromatic rings. The van der Waals surface area contributed by atoms with E-state index in [4.69, 9.17) is 4.98 Å². The molecule has 5 nitrogen and oxygen atoms in total. The van der Waals surface area contributed by atoms with Crippen LogP contribution in [0.25, 0.3) is 16.6 Å². The number of fused-ring (bicyclic) bond motifs is 5. The van der Waals surface area contributed by atoms with E-state index < -0.39 is 12.7 Å². The molecule has 0 aliphatic carbocycles. The van der Waals surface area contributed by atoms with Gasteiger partial charge in [0.25, 0.3) is 0 Å². The number of aromatic nitrogens is 3. The molecule has 4 heterocycles. The summed E-state index contributed by atoms with van der Waals surface area (Å²) in [6.45, 7) is 2.27. The third kappa shape index (κ3) is 2.74. The predicted molar refractivity (Wildman–Crippen MR) is 97.0 cm³/mol. The Labute approximate surface area is 154 Å². The first-order valence-corrected chi connectivity index (χ1v) is 9.21. The monoisotopic (exact) mass is 375 g/mol. The van der Waals surface area contributed by atoms with E-state index in [0.717, 1.165) is 41.0 Å². The zero-order valence-electron chi connectivity index (χ0n) is 14.9. The minimum absolute atomic E-state index is 0.0808. The molecule has 2 unspecified atom stereocenters. The number of rotatable bonds is 2. The molecule has 5 rings (SSSR count). The quantitative estimate of drug-likeness (QED) is 0.688. The highest BCUT2D eigenvalue weighted by Crippen LogP contribution is 2.36. The van der Waals surface area contributed by atoms with Gasteiger partial charge in [0.2, 0.25) is 0 Å². The molecule has 27 heavy (non-hydrogen) atoms. The van der Waals surface area contributed by atoms with Crippen molar-refractivity contribution in [1.82, 2.24) is 19.3 Å². The normalized spacial score (nSPS) is 23.6. The summed E-state index contributed by atoms with van der Waals surface area (Å²) in [5.74, 6) is 1.70. The van der Waals surface area contributed by atoms with Crippen LogP contribution in [0.5, 0.6) is 0 Å². The fourth-order valence-electron chi connectivity index (χ4n) is 4.69. The number of aryl methyl sites for hydroxylation is 1. The Kier molecular flexibility index (Phi) is 3.62. The number of alkyl halides is 3. The summed E-state index contributed by atoms with van der Waals surface area (Å²) in [6.07, 6.45) is -0.729. The van der Waals surface area contributed by atoms with Gasteiger partial charge in [0.1, 0.15) is 11.3 Å². The first-order valence-electron chi connectivity index (χ1n) is 9.21. The third-order valence-corrected chi connectivity index (χ3v) is 5.81. The van der Waals surface area contributed by atoms with E-state index in [9.17, 15) is 13.2 Å². The number of hydrogen-bond donors (Lipinski definition) is 0. The molecule has 2 aliphatic rings. The van der Waals surface area contributed by atoms with Gasteiger partial charge in [-0.3, -0.25) is 9.30 Å². The predicted octanol–water partition coefficient (Wildman–Crippen LogP) is 3.41. The van der Waals surface area contributed by atoms with Crippen molar-refractivity contribution >= 4 is 22.4 Å². The second kappa shape index (κ2) is 5.82. The molecule has 2 bridgehead atoms. The third-order valence-electron chi connectivity index (χ3n) is 5.81. The van der Waals surface area contributed by atoms with Crippen LogP contribution in [-0.4, -0.2) is 57.2 Å². The lowest BCUT2D eigenvalue weighted by molar-refractivity contribution is -0.153. The minimum atomic E-state index is -4.15. The molecule has 0 saturated carbocycles.